The molecule has 1 nitrogen and oxygen atoms in total. The van der Waals surface area contributed by atoms with Crippen LogP contribution >= 0.6 is 27.5 Å². The highest BCUT2D eigenvalue weighted by molar-refractivity contribution is 9.10. The summed E-state index contributed by atoms with van der Waals surface area (Å²) in [5, 5.41) is 4.14. The van der Waals surface area contributed by atoms with Crippen LogP contribution in [0.1, 0.15) is 44.2 Å². The Morgan fingerprint density at radius 3 is 2.69 bits per heavy atom. The molecule has 0 spiro atoms. The summed E-state index contributed by atoms with van der Waals surface area (Å²) >= 11 is 9.51. The third-order valence-corrected chi connectivity index (χ3v) is 4.02. The summed E-state index contributed by atoms with van der Waals surface area (Å²) in [5.74, 6) is 0. The number of halogens is 2. The zero-order valence-corrected chi connectivity index (χ0v) is 12.2. The Bertz CT molecular complexity index is 328. The molecule has 0 aromatic heterocycles. The zero-order valence-electron chi connectivity index (χ0n) is 9.89. The minimum Gasteiger partial charge on any atom is -0.313 e. The molecule has 1 atom stereocenters. The average molecular weight is 305 g/mol. The maximum atomic E-state index is 6.10. The highest BCUT2D eigenvalue weighted by atomic mass is 79.9. The first-order valence-corrected chi connectivity index (χ1v) is 6.98. The van der Waals surface area contributed by atoms with Crippen molar-refractivity contribution in [2.24, 2.45) is 0 Å². The van der Waals surface area contributed by atoms with Gasteiger partial charge in [-0.05, 0) is 47.1 Å². The summed E-state index contributed by atoms with van der Waals surface area (Å²) in [6, 6.07) is 6.60. The van der Waals surface area contributed by atoms with E-state index in [4.69, 9.17) is 11.6 Å². The first-order valence-electron chi connectivity index (χ1n) is 5.81. The quantitative estimate of drug-likeness (QED) is 0.734. The Hall–Kier alpha value is -0.0500. The summed E-state index contributed by atoms with van der Waals surface area (Å²) in [5.41, 5.74) is 1.27. The van der Waals surface area contributed by atoms with Crippen LogP contribution in [0, 0.1) is 0 Å². The Morgan fingerprint density at radius 2 is 2.12 bits per heavy atom. The van der Waals surface area contributed by atoms with Crippen LogP contribution in [-0.2, 0) is 0 Å². The van der Waals surface area contributed by atoms with Gasteiger partial charge >= 0.3 is 0 Å². The third-order valence-electron chi connectivity index (χ3n) is 2.79. The lowest BCUT2D eigenvalue weighted by molar-refractivity contribution is 0.512. The highest BCUT2D eigenvalue weighted by Crippen LogP contribution is 2.27. The van der Waals surface area contributed by atoms with Crippen LogP contribution in [0.25, 0.3) is 0 Å². The predicted octanol–water partition coefficient (Wildman–Crippen LogP) is 4.94. The van der Waals surface area contributed by atoms with E-state index in [9.17, 15) is 0 Å². The van der Waals surface area contributed by atoms with Crippen LogP contribution in [0.4, 0.5) is 0 Å². The molecular formula is C13H19BrClN. The largest absolute Gasteiger partial charge is 0.313 e. The Morgan fingerprint density at radius 1 is 1.38 bits per heavy atom. The fourth-order valence-electron chi connectivity index (χ4n) is 1.81. The lowest BCUT2D eigenvalue weighted by atomic mass is 10.0. The Labute approximate surface area is 112 Å². The zero-order chi connectivity index (χ0) is 12.0. The van der Waals surface area contributed by atoms with E-state index in [1.165, 1.54) is 31.2 Å². The van der Waals surface area contributed by atoms with Gasteiger partial charge in [0, 0.05) is 10.5 Å². The topological polar surface area (TPSA) is 12.0 Å². The molecule has 0 amide bonds. The molecule has 0 fully saturated rings. The lowest BCUT2D eigenvalue weighted by Crippen LogP contribution is -2.16. The Balaban J connectivity index is 2.67. The van der Waals surface area contributed by atoms with Crippen molar-refractivity contribution in [3.8, 4) is 0 Å². The van der Waals surface area contributed by atoms with Crippen molar-refractivity contribution in [1.29, 1.82) is 0 Å². The van der Waals surface area contributed by atoms with Crippen molar-refractivity contribution in [1.82, 2.24) is 5.32 Å². The number of unbranched alkanes of at least 4 members (excludes halogenated alkanes) is 2. The number of nitrogens with one attached hydrogen (secondary N) is 1. The molecule has 0 aliphatic heterocycles. The molecule has 0 aliphatic rings. The van der Waals surface area contributed by atoms with Crippen LogP contribution in [0.5, 0.6) is 0 Å². The molecule has 1 unspecified atom stereocenters. The molecule has 1 aromatic rings. The first-order chi connectivity index (χ1) is 7.69. The molecule has 90 valence electrons. The standard InChI is InChI=1S/C13H19BrClN/c1-3-4-5-6-13(16-2)10-7-8-11(14)12(15)9-10/h7-9,13,16H,3-6H2,1-2H3. The van der Waals surface area contributed by atoms with Crippen LogP contribution in [0.2, 0.25) is 5.02 Å². The van der Waals surface area contributed by atoms with Crippen molar-refractivity contribution >= 4 is 27.5 Å². The maximum Gasteiger partial charge on any atom is 0.0551 e. The summed E-state index contributed by atoms with van der Waals surface area (Å²) in [6.07, 6.45) is 4.98. The van der Waals surface area contributed by atoms with Crippen molar-refractivity contribution in [3.05, 3.63) is 33.3 Å². The van der Waals surface area contributed by atoms with Gasteiger partial charge in [-0.1, -0.05) is 43.9 Å². The third kappa shape index (κ3) is 4.08. The molecule has 0 heterocycles. The van der Waals surface area contributed by atoms with E-state index in [0.717, 1.165) is 9.50 Å². The second kappa shape index (κ2) is 7.31. The minimum absolute atomic E-state index is 0.414. The summed E-state index contributed by atoms with van der Waals surface area (Å²) in [6.45, 7) is 2.23. The molecule has 1 N–H and O–H groups in total. The van der Waals surface area contributed by atoms with Gasteiger partial charge in [0.1, 0.15) is 0 Å². The van der Waals surface area contributed by atoms with E-state index in [2.05, 4.69) is 34.2 Å². The van der Waals surface area contributed by atoms with Gasteiger partial charge in [0.05, 0.1) is 5.02 Å². The molecule has 1 aromatic carbocycles. The van der Waals surface area contributed by atoms with E-state index >= 15 is 0 Å². The van der Waals surface area contributed by atoms with Crippen LogP contribution in [0.15, 0.2) is 22.7 Å². The average Bonchev–Trinajstić information content (AvgIpc) is 2.29. The van der Waals surface area contributed by atoms with Gasteiger partial charge in [-0.15, -0.1) is 0 Å². The van der Waals surface area contributed by atoms with Gasteiger partial charge in [0.15, 0.2) is 0 Å². The monoisotopic (exact) mass is 303 g/mol. The van der Waals surface area contributed by atoms with Crippen molar-refractivity contribution < 1.29 is 0 Å². The van der Waals surface area contributed by atoms with Gasteiger partial charge < -0.3 is 5.32 Å². The molecular weight excluding hydrogens is 286 g/mol. The SMILES string of the molecule is CCCCCC(NC)c1ccc(Br)c(Cl)c1. The molecule has 0 saturated heterocycles. The summed E-state index contributed by atoms with van der Waals surface area (Å²) < 4.78 is 0.960. The molecule has 1 rings (SSSR count). The van der Waals surface area contributed by atoms with E-state index in [1.54, 1.807) is 0 Å². The molecule has 0 radical (unpaired) electrons. The van der Waals surface area contributed by atoms with E-state index in [-0.39, 0.29) is 0 Å². The van der Waals surface area contributed by atoms with E-state index in [1.807, 2.05) is 19.2 Å². The maximum absolute atomic E-state index is 6.10. The smallest absolute Gasteiger partial charge is 0.0551 e. The Kier molecular flexibility index (Phi) is 6.40. The minimum atomic E-state index is 0.414. The predicted molar refractivity (Wildman–Crippen MR) is 75.1 cm³/mol. The van der Waals surface area contributed by atoms with E-state index in [0.29, 0.717) is 6.04 Å². The van der Waals surface area contributed by atoms with E-state index < -0.39 is 0 Å². The van der Waals surface area contributed by atoms with Gasteiger partial charge in [-0.3, -0.25) is 0 Å². The van der Waals surface area contributed by atoms with Gasteiger partial charge in [-0.25, -0.2) is 0 Å². The normalized spacial score (nSPS) is 12.8. The second-order valence-corrected chi connectivity index (χ2v) is 5.27. The second-order valence-electron chi connectivity index (χ2n) is 4.01. The van der Waals surface area contributed by atoms with Gasteiger partial charge in [0.2, 0.25) is 0 Å². The molecule has 0 aliphatic carbocycles. The lowest BCUT2D eigenvalue weighted by Gasteiger charge is -2.17. The number of rotatable bonds is 6. The fourth-order valence-corrected chi connectivity index (χ4v) is 2.24. The van der Waals surface area contributed by atoms with Crippen LogP contribution < -0.4 is 5.32 Å². The number of hydrogen-bond acceptors (Lipinski definition) is 1. The van der Waals surface area contributed by atoms with Crippen LogP contribution in [0.3, 0.4) is 0 Å². The van der Waals surface area contributed by atoms with Gasteiger partial charge in [0.25, 0.3) is 0 Å². The molecule has 0 saturated carbocycles. The number of benzene rings is 1. The fraction of sp³-hybridized carbons (Fsp3) is 0.538. The molecule has 16 heavy (non-hydrogen) atoms. The van der Waals surface area contributed by atoms with Gasteiger partial charge in [-0.2, -0.15) is 0 Å². The van der Waals surface area contributed by atoms with Crippen molar-refractivity contribution in [2.45, 2.75) is 38.6 Å². The van der Waals surface area contributed by atoms with Crippen molar-refractivity contribution in [3.63, 3.8) is 0 Å². The summed E-state index contributed by atoms with van der Waals surface area (Å²) in [4.78, 5) is 0. The highest BCUT2D eigenvalue weighted by Gasteiger charge is 2.09. The van der Waals surface area contributed by atoms with Crippen molar-refractivity contribution in [2.75, 3.05) is 7.05 Å². The number of hydrogen-bond donors (Lipinski definition) is 1. The summed E-state index contributed by atoms with van der Waals surface area (Å²) in [7, 11) is 2.01. The van der Waals surface area contributed by atoms with Crippen LogP contribution in [-0.4, -0.2) is 7.05 Å². The first kappa shape index (κ1) is 14.0. The molecule has 0 bridgehead atoms. The molecule has 3 heteroatoms.